The first-order valence-electron chi connectivity index (χ1n) is 14.4. The van der Waals surface area contributed by atoms with Crippen LogP contribution in [0.25, 0.3) is 0 Å². The van der Waals surface area contributed by atoms with Gasteiger partial charge in [0.25, 0.3) is 17.4 Å². The van der Waals surface area contributed by atoms with E-state index in [-0.39, 0.29) is 19.0 Å². The smallest absolute Gasteiger partial charge is 0.371 e. The first-order chi connectivity index (χ1) is 19.5. The van der Waals surface area contributed by atoms with Gasteiger partial charge in [0.05, 0.1) is 10.6 Å². The number of halogens is 4. The van der Waals surface area contributed by atoms with Gasteiger partial charge in [-0.25, -0.2) is 0 Å². The van der Waals surface area contributed by atoms with Crippen LogP contribution in [-0.2, 0) is 10.4 Å². The molecule has 1 atom stereocenters. The zero-order valence-corrected chi connectivity index (χ0v) is 24.4. The van der Waals surface area contributed by atoms with Crippen molar-refractivity contribution >= 4 is 29.1 Å². The summed E-state index contributed by atoms with van der Waals surface area (Å²) in [5, 5.41) is 11.1. The van der Waals surface area contributed by atoms with E-state index in [1.807, 2.05) is 12.1 Å². The number of unbranched alkanes of at least 4 members (excludes halogenated alkanes) is 1. The van der Waals surface area contributed by atoms with Crippen LogP contribution in [0.3, 0.4) is 0 Å². The Hall–Kier alpha value is -2.78. The van der Waals surface area contributed by atoms with Crippen molar-refractivity contribution < 1.29 is 27.9 Å². The molecule has 10 heteroatoms. The molecule has 0 aliphatic carbocycles. The van der Waals surface area contributed by atoms with Crippen LogP contribution in [-0.4, -0.2) is 72.7 Å². The van der Waals surface area contributed by atoms with Crippen LogP contribution in [0, 0.1) is 11.8 Å². The average molecular weight is 594 g/mol. The fourth-order valence-electron chi connectivity index (χ4n) is 6.10. The lowest BCUT2D eigenvalue weighted by molar-refractivity contribution is -0.262. The summed E-state index contributed by atoms with van der Waals surface area (Å²) in [5.74, 6) is -0.683. The third-order valence-electron chi connectivity index (χ3n) is 8.69. The topological polar surface area (TPSA) is 64.1 Å². The van der Waals surface area contributed by atoms with E-state index in [0.717, 1.165) is 61.5 Å². The van der Waals surface area contributed by atoms with Crippen molar-refractivity contribution in [3.05, 3.63) is 64.7 Å². The van der Waals surface area contributed by atoms with Gasteiger partial charge in [0, 0.05) is 51.0 Å². The number of benzene rings is 2. The Kier molecular flexibility index (Phi) is 9.90. The van der Waals surface area contributed by atoms with Crippen molar-refractivity contribution in [3.63, 3.8) is 0 Å². The van der Waals surface area contributed by atoms with E-state index < -0.39 is 23.2 Å². The number of carbonyl (C=O) groups is 2. The summed E-state index contributed by atoms with van der Waals surface area (Å²) in [6, 6.07) is 12.2. The van der Waals surface area contributed by atoms with Crippen molar-refractivity contribution in [2.75, 3.05) is 44.7 Å². The summed E-state index contributed by atoms with van der Waals surface area (Å²) in [6.45, 7) is 4.76. The quantitative estimate of drug-likeness (QED) is 0.401. The third kappa shape index (κ3) is 6.67. The van der Waals surface area contributed by atoms with Crippen LogP contribution in [0.4, 0.5) is 18.9 Å². The van der Waals surface area contributed by atoms with Gasteiger partial charge in [-0.05, 0) is 62.1 Å². The Balaban J connectivity index is 1.32. The summed E-state index contributed by atoms with van der Waals surface area (Å²) in [4.78, 5) is 30.9. The molecule has 224 valence electrons. The first kappa shape index (κ1) is 31.2. The number of rotatable bonds is 8. The standard InChI is InChI=1S/C31H39ClF3N3O3/c1-3-4-16-36(2)28(39)26-11-10-25(21-27(26)32)37-17-12-22(13-18-37)23-14-19-38(20-15-23)29(40)30(41,31(33,34)35)24-8-6-5-7-9-24/h5-11,21-23,41H,3-4,12-20H2,1-2H3/t30-/m1/s1. The molecule has 0 aromatic heterocycles. The molecular weight excluding hydrogens is 555 g/mol. The second kappa shape index (κ2) is 13.0. The minimum absolute atomic E-state index is 0.0871. The molecule has 2 aromatic rings. The van der Waals surface area contributed by atoms with Crippen LogP contribution >= 0.6 is 11.6 Å². The Morgan fingerprint density at radius 3 is 2.10 bits per heavy atom. The predicted octanol–water partition coefficient (Wildman–Crippen LogP) is 6.12. The molecule has 6 nitrogen and oxygen atoms in total. The van der Waals surface area contributed by atoms with Gasteiger partial charge in [-0.1, -0.05) is 55.3 Å². The molecule has 2 amide bonds. The van der Waals surface area contributed by atoms with Gasteiger partial charge in [-0.3, -0.25) is 9.59 Å². The number of likely N-dealkylation sites (tertiary alicyclic amines) is 1. The summed E-state index contributed by atoms with van der Waals surface area (Å²) in [5.41, 5.74) is -2.56. The highest BCUT2D eigenvalue weighted by Crippen LogP contribution is 2.42. The van der Waals surface area contributed by atoms with Crippen molar-refractivity contribution in [3.8, 4) is 0 Å². The molecule has 2 saturated heterocycles. The highest BCUT2D eigenvalue weighted by molar-refractivity contribution is 6.34. The Labute approximate surface area is 245 Å². The zero-order valence-electron chi connectivity index (χ0n) is 23.7. The van der Waals surface area contributed by atoms with E-state index >= 15 is 0 Å². The van der Waals surface area contributed by atoms with Crippen molar-refractivity contribution in [1.82, 2.24) is 9.80 Å². The maximum absolute atomic E-state index is 14.0. The number of aliphatic hydroxyl groups is 1. The number of amides is 2. The van der Waals surface area contributed by atoms with Crippen LogP contribution < -0.4 is 4.90 Å². The van der Waals surface area contributed by atoms with Crippen molar-refractivity contribution in [1.29, 1.82) is 0 Å². The molecule has 0 saturated carbocycles. The molecule has 2 aromatic carbocycles. The number of alkyl halides is 3. The summed E-state index contributed by atoms with van der Waals surface area (Å²) >= 11 is 6.52. The second-order valence-corrected chi connectivity index (χ2v) is 11.7. The van der Waals surface area contributed by atoms with Gasteiger partial charge in [-0.2, -0.15) is 13.2 Å². The number of piperidine rings is 2. The minimum atomic E-state index is -5.13. The van der Waals surface area contributed by atoms with Gasteiger partial charge >= 0.3 is 6.18 Å². The Morgan fingerprint density at radius 2 is 1.56 bits per heavy atom. The number of anilines is 1. The van der Waals surface area contributed by atoms with Gasteiger partial charge < -0.3 is 19.8 Å². The highest BCUT2D eigenvalue weighted by atomic mass is 35.5. The highest BCUT2D eigenvalue weighted by Gasteiger charge is 2.62. The fourth-order valence-corrected chi connectivity index (χ4v) is 6.35. The molecule has 1 N–H and O–H groups in total. The van der Waals surface area contributed by atoms with E-state index in [1.54, 1.807) is 24.1 Å². The van der Waals surface area contributed by atoms with Crippen LogP contribution in [0.15, 0.2) is 48.5 Å². The second-order valence-electron chi connectivity index (χ2n) is 11.3. The molecule has 0 spiro atoms. The Morgan fingerprint density at radius 1 is 0.976 bits per heavy atom. The fraction of sp³-hybridized carbons (Fsp3) is 0.548. The lowest BCUT2D eigenvalue weighted by atomic mass is 9.78. The maximum Gasteiger partial charge on any atom is 0.430 e. The van der Waals surface area contributed by atoms with E-state index in [1.165, 1.54) is 12.1 Å². The lowest BCUT2D eigenvalue weighted by Crippen LogP contribution is -2.57. The monoisotopic (exact) mass is 593 g/mol. The molecule has 2 fully saturated rings. The number of carbonyl (C=O) groups excluding carboxylic acids is 2. The van der Waals surface area contributed by atoms with Crippen molar-refractivity contribution in [2.45, 2.75) is 57.2 Å². The minimum Gasteiger partial charge on any atom is -0.371 e. The number of hydrogen-bond donors (Lipinski definition) is 1. The predicted molar refractivity (Wildman–Crippen MR) is 154 cm³/mol. The number of hydrogen-bond acceptors (Lipinski definition) is 4. The van der Waals surface area contributed by atoms with E-state index in [9.17, 15) is 27.9 Å². The molecular formula is C31H39ClF3N3O3. The molecule has 4 rings (SSSR count). The Bertz CT molecular complexity index is 1200. The van der Waals surface area contributed by atoms with E-state index in [0.29, 0.717) is 41.8 Å². The third-order valence-corrected chi connectivity index (χ3v) is 9.00. The lowest BCUT2D eigenvalue weighted by Gasteiger charge is -2.42. The SMILES string of the molecule is CCCCN(C)C(=O)c1ccc(N2CCC(C3CCN(C(=O)[C@](O)(c4ccccc4)C(F)(F)F)CC3)CC2)cc1Cl. The molecule has 2 aliphatic heterocycles. The molecule has 0 bridgehead atoms. The van der Waals surface area contributed by atoms with E-state index in [2.05, 4.69) is 11.8 Å². The molecule has 0 radical (unpaired) electrons. The largest absolute Gasteiger partial charge is 0.430 e. The van der Waals surface area contributed by atoms with Gasteiger partial charge in [0.2, 0.25) is 0 Å². The molecule has 0 unspecified atom stereocenters. The van der Waals surface area contributed by atoms with E-state index in [4.69, 9.17) is 11.6 Å². The molecule has 2 aliphatic rings. The van der Waals surface area contributed by atoms with Crippen LogP contribution in [0.2, 0.25) is 5.02 Å². The van der Waals surface area contributed by atoms with Crippen LogP contribution in [0.5, 0.6) is 0 Å². The van der Waals surface area contributed by atoms with Gasteiger partial charge in [0.1, 0.15) is 0 Å². The molecule has 2 heterocycles. The van der Waals surface area contributed by atoms with Crippen LogP contribution in [0.1, 0.15) is 61.4 Å². The summed E-state index contributed by atoms with van der Waals surface area (Å²) < 4.78 is 41.9. The normalized spacial score (nSPS) is 18.7. The van der Waals surface area contributed by atoms with Crippen molar-refractivity contribution in [2.24, 2.45) is 11.8 Å². The maximum atomic E-state index is 14.0. The summed E-state index contributed by atoms with van der Waals surface area (Å²) in [7, 11) is 1.78. The van der Waals surface area contributed by atoms with Gasteiger partial charge in [-0.15, -0.1) is 0 Å². The first-order valence-corrected chi connectivity index (χ1v) is 14.8. The summed E-state index contributed by atoms with van der Waals surface area (Å²) in [6.07, 6.45) is -0.131. The average Bonchev–Trinajstić information content (AvgIpc) is 2.98. The zero-order chi connectivity index (χ0) is 29.8. The molecule has 41 heavy (non-hydrogen) atoms. The van der Waals surface area contributed by atoms with Gasteiger partial charge in [0.15, 0.2) is 0 Å². The number of nitrogens with zero attached hydrogens (tertiary/aromatic N) is 3.